The topological polar surface area (TPSA) is 235 Å². The van der Waals surface area contributed by atoms with Gasteiger partial charge in [0, 0.05) is 76.1 Å². The Kier molecular flexibility index (Phi) is 23.5. The van der Waals surface area contributed by atoms with Gasteiger partial charge in [0.15, 0.2) is 34.5 Å². The summed E-state index contributed by atoms with van der Waals surface area (Å²) in [4.78, 5) is 25.4. The average molecular weight is 1430 g/mol. The zero-order valence-electron chi connectivity index (χ0n) is 53.1. The van der Waals surface area contributed by atoms with Gasteiger partial charge in [-0.25, -0.2) is 9.59 Å². The second kappa shape index (κ2) is 30.5. The fourth-order valence-corrected chi connectivity index (χ4v) is 13.8. The van der Waals surface area contributed by atoms with Crippen LogP contribution < -0.4 is 101 Å². The van der Waals surface area contributed by atoms with E-state index < -0.39 is 16.5 Å². The molecule has 92 heavy (non-hydrogen) atoms. The van der Waals surface area contributed by atoms with E-state index in [0.29, 0.717) is 50.9 Å². The van der Waals surface area contributed by atoms with Gasteiger partial charge in [0.25, 0.3) is 0 Å². The summed E-state index contributed by atoms with van der Waals surface area (Å²) in [6.07, 6.45) is 5.92. The van der Waals surface area contributed by atoms with E-state index >= 15 is 0 Å². The molecule has 0 saturated heterocycles. The maximum absolute atomic E-state index is 11.3. The molecule has 0 aliphatic carbocycles. The van der Waals surface area contributed by atoms with Crippen LogP contribution in [0.25, 0.3) is 0 Å². The summed E-state index contributed by atoms with van der Waals surface area (Å²) < 4.78 is 59.1. The number of hydrogen-bond acceptors (Lipinski definition) is 20. The summed E-state index contributed by atoms with van der Waals surface area (Å²) in [5, 5.41) is 41.6. The number of methoxy groups -OCH3 is 3. The Labute approximate surface area is 584 Å². The monoisotopic (exact) mass is 1430 g/mol. The predicted molar refractivity (Wildman–Crippen MR) is 333 cm³/mol. The molecule has 9 heterocycles. The Hall–Kier alpha value is -5.51. The van der Waals surface area contributed by atoms with Crippen LogP contribution in [0.2, 0.25) is 0 Å². The number of nitrogens with zero attached hydrogens (tertiary/aromatic N) is 2. The van der Waals surface area contributed by atoms with Gasteiger partial charge < -0.3 is 102 Å². The Morgan fingerprint density at radius 3 is 1.17 bits per heavy atom. The number of ether oxygens (including phenoxy) is 11. The molecule has 0 aromatic heterocycles. The zero-order valence-corrected chi connectivity index (χ0v) is 58.8. The number of hydrogen-bond donors (Lipinski definition) is 5. The number of halogens is 3. The van der Waals surface area contributed by atoms with Gasteiger partial charge in [0.2, 0.25) is 20.4 Å². The van der Waals surface area contributed by atoms with Crippen LogP contribution in [0.3, 0.4) is 0 Å². The van der Waals surface area contributed by atoms with Crippen LogP contribution in [-0.4, -0.2) is 109 Å². The molecule has 5 N–H and O–H groups in total. The van der Waals surface area contributed by atoms with Gasteiger partial charge in [-0.3, -0.25) is 9.80 Å². The largest absolute Gasteiger partial charge is 1.00 e. The van der Waals surface area contributed by atoms with Crippen LogP contribution in [0, 0.1) is 0 Å². The van der Waals surface area contributed by atoms with Crippen molar-refractivity contribution in [3.05, 3.63) is 156 Å². The van der Waals surface area contributed by atoms with E-state index in [-0.39, 0.29) is 111 Å². The molecule has 15 rings (SSSR count). The van der Waals surface area contributed by atoms with Crippen molar-refractivity contribution in [3.8, 4) is 51.7 Å². The molecular weight excluding hydrogens is 1350 g/mol. The molecule has 6 atom stereocenters. The second-order valence-electron chi connectivity index (χ2n) is 23.9. The maximum atomic E-state index is 11.3. The Bertz CT molecular complexity index is 3690. The van der Waals surface area contributed by atoms with Crippen molar-refractivity contribution >= 4 is 34.1 Å². The number of carbonyl (C=O) groups excluding carboxylic acids is 2. The van der Waals surface area contributed by atoms with Crippen molar-refractivity contribution in [2.75, 3.05) is 62.1 Å². The molecule has 6 bridgehead atoms. The van der Waals surface area contributed by atoms with Crippen molar-refractivity contribution in [1.29, 1.82) is 0 Å². The summed E-state index contributed by atoms with van der Waals surface area (Å²) in [6.45, 7) is 8.38. The third kappa shape index (κ3) is 14.8. The van der Waals surface area contributed by atoms with Gasteiger partial charge in [0.05, 0.1) is 53.4 Å². The van der Waals surface area contributed by atoms with Crippen molar-refractivity contribution in [2.24, 2.45) is 0 Å². The molecule has 0 amide bonds. The van der Waals surface area contributed by atoms with E-state index in [1.165, 1.54) is 50.1 Å². The van der Waals surface area contributed by atoms with E-state index in [0.717, 1.165) is 111 Å². The predicted octanol–water partition coefficient (Wildman–Crippen LogP) is 5.15. The molecule has 0 saturated carbocycles. The van der Waals surface area contributed by atoms with Gasteiger partial charge in [-0.15, -0.1) is 0 Å². The van der Waals surface area contributed by atoms with Gasteiger partial charge in [0.1, 0.15) is 24.0 Å². The zero-order chi connectivity index (χ0) is 63.7. The minimum absolute atomic E-state index is 0. The molecular formula is C68H77Cl2IN3NaO17. The summed E-state index contributed by atoms with van der Waals surface area (Å²) in [5.41, 5.74) is 15.4. The molecule has 24 heteroatoms. The number of nitrogens with one attached hydrogen (secondary N) is 1. The second-order valence-corrected chi connectivity index (χ2v) is 24.5. The summed E-state index contributed by atoms with van der Waals surface area (Å²) in [7, 11) is 7.10. The number of benzene rings is 6. The Balaban J connectivity index is 0.000000148. The first-order valence-corrected chi connectivity index (χ1v) is 30.9. The molecule has 9 aliphatic heterocycles. The van der Waals surface area contributed by atoms with E-state index in [1.807, 2.05) is 31.2 Å². The number of likely N-dealkylation sites (N-methyl/N-ethyl adjacent to an activating group) is 1. The van der Waals surface area contributed by atoms with Crippen molar-refractivity contribution in [1.82, 2.24) is 15.1 Å². The summed E-state index contributed by atoms with van der Waals surface area (Å²) >= 11 is 10.2. The Morgan fingerprint density at radius 1 is 0.511 bits per heavy atom. The Morgan fingerprint density at radius 2 is 0.815 bits per heavy atom. The van der Waals surface area contributed by atoms with Crippen molar-refractivity contribution in [3.63, 3.8) is 0 Å². The van der Waals surface area contributed by atoms with Crippen LogP contribution >= 0.6 is 23.2 Å². The quantitative estimate of drug-likeness (QED) is 0.0678. The minimum atomic E-state index is -0.828. The van der Waals surface area contributed by atoms with Gasteiger partial charge >= 0.3 is 40.4 Å². The average Bonchev–Trinajstić information content (AvgIpc) is 0.957. The van der Waals surface area contributed by atoms with E-state index in [4.69, 9.17) is 75.7 Å². The van der Waals surface area contributed by atoms with Crippen LogP contribution in [0.15, 0.2) is 72.8 Å². The van der Waals surface area contributed by atoms with Crippen LogP contribution in [0.1, 0.15) is 154 Å². The SMILES string of the molecule is CCC(C)(C)O.CCOC(=O)Cl.COc1cc2c(cc1CO)[C@@H]1Cc3cc4c(cc3[C@H](C2)N1)OCO4.COc1cc2c(cc1CO)[C@@H]1Cc3cc4c(cc3[C@H](C2)N1C)OCO4.COc1cc2c(cc1CO)[C@@H]1Cc3cc4c(cc3[C@H](C2)N1COC(=O)Cl)OCO4.[I-].[Na+]. The number of carbonyl (C=O) groups is 2. The molecule has 6 aromatic rings. The van der Waals surface area contributed by atoms with Crippen molar-refractivity contribution in [2.45, 2.75) is 134 Å². The first-order valence-electron chi connectivity index (χ1n) is 30.2. The summed E-state index contributed by atoms with van der Waals surface area (Å²) in [6, 6.07) is 26.1. The summed E-state index contributed by atoms with van der Waals surface area (Å²) in [5.74, 6) is 7.10. The number of rotatable bonds is 10. The molecule has 0 spiro atoms. The maximum Gasteiger partial charge on any atom is 1.00 e. The molecule has 488 valence electrons. The van der Waals surface area contributed by atoms with Crippen LogP contribution in [-0.2, 0) is 67.8 Å². The number of aliphatic hydroxyl groups excluding tert-OH is 3. The first-order chi connectivity index (χ1) is 43.4. The number of aliphatic hydroxyl groups is 4. The minimum Gasteiger partial charge on any atom is -1.00 e. The molecule has 0 radical (unpaired) electrons. The van der Waals surface area contributed by atoms with Gasteiger partial charge in [-0.2, -0.15) is 0 Å². The third-order valence-electron chi connectivity index (χ3n) is 18.4. The molecule has 6 aromatic carbocycles. The fourth-order valence-electron chi connectivity index (χ4n) is 13.6. The molecule has 9 aliphatic rings. The fraction of sp³-hybridized carbons (Fsp3) is 0.441. The smallest absolute Gasteiger partial charge is 1.00 e. The molecule has 0 unspecified atom stereocenters. The first kappa shape index (κ1) is 70.8. The third-order valence-corrected chi connectivity index (χ3v) is 18.6. The number of fused-ring (bicyclic) bond motifs is 21. The van der Waals surface area contributed by atoms with Crippen molar-refractivity contribution < 1.29 is 136 Å². The van der Waals surface area contributed by atoms with E-state index in [9.17, 15) is 24.9 Å². The van der Waals surface area contributed by atoms with E-state index in [2.05, 4.69) is 75.4 Å². The standard InChI is InChI=1S/C21H20ClNO6.C20H21NO4.C19H19NO4.C5H12O.C3H5ClO2.HI.Na/c1-26-18-5-11-3-17-15-7-20-19(28-10-29-20)6-12(15)4-16(14(11)2-13(18)8-24)23(17)9-27-21(22)25;1-21-16-5-12-7-19-20(25-10-24-19)8-15(12)17(21)4-11-6-18(23-2)13(9-22)3-14(11)16;1-22-17-5-10-3-16-14-7-19-18(23-9-24-19)6-11(14)4-15(20-16)13(10)2-12(17)8-21;1-4-5(2,3)6;1-2-6-3(4)5;;/h2,5-7,16-17,24H,3-4,8-10H2,1H3;3,6-8,16-17,22H,4-5,9-10H2,1-2H3;2,5-7,15-16,20-21H,3-4,8-9H2,1H3;6H,4H2,1-3H3;2H2,1H3;1H;/q;;;;;;+1/p-1/t2*16-,17-;15-,16-;;;;/m000..../s1. The normalized spacial score (nSPS) is 20.2. The van der Waals surface area contributed by atoms with Gasteiger partial charge in [-0.05, 0) is 212 Å². The van der Waals surface area contributed by atoms with E-state index in [1.54, 1.807) is 42.1 Å². The molecule has 20 nitrogen and oxygen atoms in total. The van der Waals surface area contributed by atoms with Gasteiger partial charge in [-0.1, -0.05) is 6.92 Å². The molecule has 0 fully saturated rings. The van der Waals surface area contributed by atoms with Crippen LogP contribution in [0.4, 0.5) is 9.59 Å². The van der Waals surface area contributed by atoms with Crippen LogP contribution in [0.5, 0.6) is 51.7 Å².